The number of hydrogen-bond donors (Lipinski definition) is 2. The summed E-state index contributed by atoms with van der Waals surface area (Å²) >= 11 is 0. The van der Waals surface area contributed by atoms with Gasteiger partial charge in [-0.15, -0.1) is 0 Å². The van der Waals surface area contributed by atoms with Crippen LogP contribution in [0.2, 0.25) is 0 Å². The zero-order valence-electron chi connectivity index (χ0n) is 8.02. The first-order valence-electron chi connectivity index (χ1n) is 5.39. The molecule has 1 aliphatic carbocycles. The van der Waals surface area contributed by atoms with Crippen LogP contribution in [0.15, 0.2) is 0 Å². The summed E-state index contributed by atoms with van der Waals surface area (Å²) in [6, 6.07) is 0.228. The fourth-order valence-corrected chi connectivity index (χ4v) is 2.61. The van der Waals surface area contributed by atoms with Gasteiger partial charge in [0.1, 0.15) is 0 Å². The van der Waals surface area contributed by atoms with Crippen molar-refractivity contribution in [2.24, 2.45) is 0 Å². The van der Waals surface area contributed by atoms with E-state index in [1.165, 1.54) is 12.8 Å². The van der Waals surface area contributed by atoms with Crippen molar-refractivity contribution in [2.75, 3.05) is 13.1 Å². The summed E-state index contributed by atoms with van der Waals surface area (Å²) in [5, 5.41) is 19.3. The lowest BCUT2D eigenvalue weighted by Crippen LogP contribution is -2.50. The van der Waals surface area contributed by atoms with Gasteiger partial charge in [-0.25, -0.2) is 0 Å². The van der Waals surface area contributed by atoms with Gasteiger partial charge in [-0.2, -0.15) is 0 Å². The van der Waals surface area contributed by atoms with Gasteiger partial charge >= 0.3 is 0 Å². The van der Waals surface area contributed by atoms with Gasteiger partial charge in [0.05, 0.1) is 12.2 Å². The smallest absolute Gasteiger partial charge is 0.0953 e. The first-order valence-corrected chi connectivity index (χ1v) is 5.39. The lowest BCUT2D eigenvalue weighted by molar-refractivity contribution is -0.0593. The summed E-state index contributed by atoms with van der Waals surface area (Å²) in [7, 11) is 0. The van der Waals surface area contributed by atoms with E-state index >= 15 is 0 Å². The molecule has 0 radical (unpaired) electrons. The number of aliphatic hydroxyl groups excluding tert-OH is 2. The SMILES string of the molecule is O[C@H]1[C@H](N2CCCC2)CCC[C@@H]1O. The van der Waals surface area contributed by atoms with Gasteiger partial charge in [-0.1, -0.05) is 0 Å². The molecule has 0 aromatic rings. The van der Waals surface area contributed by atoms with Crippen molar-refractivity contribution >= 4 is 0 Å². The van der Waals surface area contributed by atoms with Crippen LogP contribution in [0.4, 0.5) is 0 Å². The van der Waals surface area contributed by atoms with E-state index in [0.717, 1.165) is 32.4 Å². The second-order valence-corrected chi connectivity index (χ2v) is 4.30. The molecule has 76 valence electrons. The average molecular weight is 185 g/mol. The van der Waals surface area contributed by atoms with Crippen molar-refractivity contribution < 1.29 is 10.2 Å². The van der Waals surface area contributed by atoms with Gasteiger partial charge in [0.15, 0.2) is 0 Å². The van der Waals surface area contributed by atoms with Crippen LogP contribution in [0, 0.1) is 0 Å². The highest BCUT2D eigenvalue weighted by Gasteiger charge is 2.35. The zero-order chi connectivity index (χ0) is 9.26. The minimum atomic E-state index is -0.508. The van der Waals surface area contributed by atoms with Crippen molar-refractivity contribution in [2.45, 2.75) is 50.4 Å². The molecule has 3 atom stereocenters. The van der Waals surface area contributed by atoms with Crippen LogP contribution in [0.3, 0.4) is 0 Å². The minimum Gasteiger partial charge on any atom is -0.390 e. The molecule has 1 aliphatic heterocycles. The molecule has 2 N–H and O–H groups in total. The standard InChI is InChI=1S/C10H19NO2/c12-9-5-3-4-8(10(9)13)11-6-1-2-7-11/h8-10,12-13H,1-7H2/t8-,9+,10+/m1/s1. The molecule has 0 unspecified atom stereocenters. The predicted molar refractivity (Wildman–Crippen MR) is 50.5 cm³/mol. The van der Waals surface area contributed by atoms with Crippen molar-refractivity contribution in [1.82, 2.24) is 4.90 Å². The summed E-state index contributed by atoms with van der Waals surface area (Å²) in [5.41, 5.74) is 0. The monoisotopic (exact) mass is 185 g/mol. The predicted octanol–water partition coefficient (Wildman–Crippen LogP) is 0.357. The Morgan fingerprint density at radius 2 is 1.62 bits per heavy atom. The van der Waals surface area contributed by atoms with Gasteiger partial charge in [-0.3, -0.25) is 4.90 Å². The lowest BCUT2D eigenvalue weighted by atomic mass is 9.89. The van der Waals surface area contributed by atoms with Crippen LogP contribution >= 0.6 is 0 Å². The second-order valence-electron chi connectivity index (χ2n) is 4.30. The molecule has 2 fully saturated rings. The topological polar surface area (TPSA) is 43.7 Å². The first kappa shape index (κ1) is 9.44. The molecule has 1 saturated carbocycles. The Morgan fingerprint density at radius 1 is 0.923 bits per heavy atom. The van der Waals surface area contributed by atoms with Crippen LogP contribution in [-0.4, -0.2) is 46.5 Å². The fourth-order valence-electron chi connectivity index (χ4n) is 2.61. The zero-order valence-corrected chi connectivity index (χ0v) is 8.02. The quantitative estimate of drug-likeness (QED) is 0.620. The van der Waals surface area contributed by atoms with Crippen molar-refractivity contribution in [3.05, 3.63) is 0 Å². The lowest BCUT2D eigenvalue weighted by Gasteiger charge is -2.37. The average Bonchev–Trinajstić information content (AvgIpc) is 2.62. The third kappa shape index (κ3) is 1.87. The van der Waals surface area contributed by atoms with E-state index in [1.807, 2.05) is 0 Å². The largest absolute Gasteiger partial charge is 0.390 e. The van der Waals surface area contributed by atoms with E-state index in [-0.39, 0.29) is 6.04 Å². The molecule has 3 nitrogen and oxygen atoms in total. The van der Waals surface area contributed by atoms with E-state index in [9.17, 15) is 10.2 Å². The number of hydrogen-bond acceptors (Lipinski definition) is 3. The van der Waals surface area contributed by atoms with E-state index in [2.05, 4.69) is 4.90 Å². The highest BCUT2D eigenvalue weighted by atomic mass is 16.3. The highest BCUT2D eigenvalue weighted by Crippen LogP contribution is 2.26. The van der Waals surface area contributed by atoms with E-state index < -0.39 is 12.2 Å². The second kappa shape index (κ2) is 3.95. The van der Waals surface area contributed by atoms with Gasteiger partial charge in [0.2, 0.25) is 0 Å². The fraction of sp³-hybridized carbons (Fsp3) is 1.00. The molecule has 2 rings (SSSR count). The van der Waals surface area contributed by atoms with E-state index in [0.29, 0.717) is 0 Å². The molecule has 2 aliphatic rings. The molecule has 0 aromatic carbocycles. The maximum atomic E-state index is 9.81. The molecular weight excluding hydrogens is 166 g/mol. The van der Waals surface area contributed by atoms with E-state index in [1.54, 1.807) is 0 Å². The maximum Gasteiger partial charge on any atom is 0.0953 e. The van der Waals surface area contributed by atoms with Crippen LogP contribution in [0.5, 0.6) is 0 Å². The first-order chi connectivity index (χ1) is 6.29. The highest BCUT2D eigenvalue weighted by molar-refractivity contribution is 4.89. The molecular formula is C10H19NO2. The Bertz CT molecular complexity index is 166. The van der Waals surface area contributed by atoms with Crippen LogP contribution in [0.25, 0.3) is 0 Å². The van der Waals surface area contributed by atoms with Gasteiger partial charge < -0.3 is 10.2 Å². The Balaban J connectivity index is 1.95. The minimum absolute atomic E-state index is 0.228. The molecule has 13 heavy (non-hydrogen) atoms. The Hall–Kier alpha value is -0.120. The summed E-state index contributed by atoms with van der Waals surface area (Å²) < 4.78 is 0. The van der Waals surface area contributed by atoms with Crippen LogP contribution in [0.1, 0.15) is 32.1 Å². The summed E-state index contributed by atoms with van der Waals surface area (Å²) in [5.74, 6) is 0. The summed E-state index contributed by atoms with van der Waals surface area (Å²) in [4.78, 5) is 2.34. The van der Waals surface area contributed by atoms with Crippen LogP contribution < -0.4 is 0 Å². The molecule has 3 heteroatoms. The molecule has 0 spiro atoms. The van der Waals surface area contributed by atoms with Gasteiger partial charge in [0, 0.05) is 6.04 Å². The maximum absolute atomic E-state index is 9.81. The Kier molecular flexibility index (Phi) is 2.86. The molecule has 0 amide bonds. The normalized spacial score (nSPS) is 42.5. The number of likely N-dealkylation sites (tertiary alicyclic amines) is 1. The van der Waals surface area contributed by atoms with E-state index in [4.69, 9.17) is 0 Å². The Labute approximate surface area is 79.4 Å². The number of aliphatic hydroxyl groups is 2. The van der Waals surface area contributed by atoms with Crippen molar-refractivity contribution in [3.8, 4) is 0 Å². The molecule has 0 aromatic heterocycles. The van der Waals surface area contributed by atoms with Gasteiger partial charge in [0.25, 0.3) is 0 Å². The molecule has 0 bridgehead atoms. The van der Waals surface area contributed by atoms with Gasteiger partial charge in [-0.05, 0) is 45.2 Å². The summed E-state index contributed by atoms with van der Waals surface area (Å²) in [6.07, 6.45) is 4.38. The number of rotatable bonds is 1. The molecule has 1 saturated heterocycles. The summed E-state index contributed by atoms with van der Waals surface area (Å²) in [6.45, 7) is 2.21. The van der Waals surface area contributed by atoms with Crippen molar-refractivity contribution in [3.63, 3.8) is 0 Å². The Morgan fingerprint density at radius 3 is 2.31 bits per heavy atom. The van der Waals surface area contributed by atoms with Crippen molar-refractivity contribution in [1.29, 1.82) is 0 Å². The number of nitrogens with zero attached hydrogens (tertiary/aromatic N) is 1. The van der Waals surface area contributed by atoms with Crippen LogP contribution in [-0.2, 0) is 0 Å². The third-order valence-electron chi connectivity index (χ3n) is 3.40. The third-order valence-corrected chi connectivity index (χ3v) is 3.40. The molecule has 1 heterocycles.